The fourth-order valence-corrected chi connectivity index (χ4v) is 4.92. The lowest BCUT2D eigenvalue weighted by Gasteiger charge is -2.29. The normalized spacial score (nSPS) is 22.3. The smallest absolute Gasteiger partial charge is 0.332 e. The summed E-state index contributed by atoms with van der Waals surface area (Å²) in [7, 11) is 0. The van der Waals surface area contributed by atoms with Crippen molar-refractivity contribution in [2.75, 3.05) is 37.6 Å². The fraction of sp³-hybridized carbons (Fsp3) is 0.435. The molecular weight excluding hydrogens is 332 g/mol. The van der Waals surface area contributed by atoms with Crippen LogP contribution in [-0.4, -0.2) is 37.7 Å². The molecule has 0 unspecified atom stereocenters. The van der Waals surface area contributed by atoms with Crippen LogP contribution in [0.5, 0.6) is 0 Å². The summed E-state index contributed by atoms with van der Waals surface area (Å²) in [4.78, 5) is 7.96. The van der Waals surface area contributed by atoms with Crippen molar-refractivity contribution < 1.29 is 9.47 Å². The van der Waals surface area contributed by atoms with Crippen molar-refractivity contribution in [3.8, 4) is 0 Å². The first-order valence-corrected chi connectivity index (χ1v) is 10.5. The number of aromatic nitrogens is 2. The van der Waals surface area contributed by atoms with Gasteiger partial charge in [0.05, 0.1) is 19.6 Å². The molecule has 140 valence electrons. The molecule has 0 spiro atoms. The number of anilines is 1. The maximum atomic E-state index is 3.63. The van der Waals surface area contributed by atoms with Crippen LogP contribution in [0.4, 0.5) is 5.95 Å². The van der Waals surface area contributed by atoms with Crippen molar-refractivity contribution in [2.24, 2.45) is 5.92 Å². The molecule has 1 fully saturated rings. The van der Waals surface area contributed by atoms with Gasteiger partial charge in [-0.05, 0) is 42.9 Å². The fourth-order valence-electron chi connectivity index (χ4n) is 4.92. The Hall–Kier alpha value is -2.33. The quantitative estimate of drug-likeness (QED) is 0.666. The highest BCUT2D eigenvalue weighted by atomic mass is 15.4. The molecule has 2 aromatic carbocycles. The van der Waals surface area contributed by atoms with Gasteiger partial charge in [0.25, 0.3) is 0 Å². The molecule has 4 heteroatoms. The number of H-pyrrole nitrogens is 1. The van der Waals surface area contributed by atoms with Crippen LogP contribution in [0.2, 0.25) is 0 Å². The number of aromatic amines is 1. The third kappa shape index (κ3) is 3.46. The first-order chi connectivity index (χ1) is 13.4. The first-order valence-electron chi connectivity index (χ1n) is 10.5. The molecule has 0 aliphatic carbocycles. The van der Waals surface area contributed by atoms with Gasteiger partial charge in [0.1, 0.15) is 30.7 Å². The van der Waals surface area contributed by atoms with Crippen LogP contribution in [0.15, 0.2) is 54.6 Å². The van der Waals surface area contributed by atoms with E-state index < -0.39 is 0 Å². The lowest BCUT2D eigenvalue weighted by atomic mass is 9.90. The minimum absolute atomic E-state index is 0.874. The molecule has 5 rings (SSSR count). The van der Waals surface area contributed by atoms with Crippen LogP contribution in [-0.2, 0) is 13.0 Å². The Morgan fingerprint density at radius 3 is 2.63 bits per heavy atom. The van der Waals surface area contributed by atoms with Crippen molar-refractivity contribution in [3.05, 3.63) is 60.2 Å². The van der Waals surface area contributed by atoms with Crippen molar-refractivity contribution in [1.29, 1.82) is 0 Å². The average molecular weight is 363 g/mol. The van der Waals surface area contributed by atoms with Gasteiger partial charge in [0.2, 0.25) is 0 Å². The van der Waals surface area contributed by atoms with Crippen LogP contribution < -0.4 is 14.4 Å². The predicted molar refractivity (Wildman–Crippen MR) is 109 cm³/mol. The van der Waals surface area contributed by atoms with Gasteiger partial charge in [-0.15, -0.1) is 0 Å². The highest BCUT2D eigenvalue weighted by molar-refractivity contribution is 5.73. The summed E-state index contributed by atoms with van der Waals surface area (Å²) < 4.78 is 2.44. The SMILES string of the molecule is c1ccc(CC2CC[NH+](CCN3CC[n+]4c3[nH]c3ccccc34)CC2)cc1. The molecule has 0 amide bonds. The standard InChI is InChI=1S/C23H28N4/c1-2-6-19(7-3-1)18-20-10-12-25(13-11-20)14-15-26-16-17-27-22-9-5-4-8-21(22)24-23(26)27/h1-9,20H,10-18H2/p+2. The second-order valence-corrected chi connectivity index (χ2v) is 8.24. The van der Waals surface area contributed by atoms with Crippen LogP contribution in [0, 0.1) is 5.92 Å². The van der Waals surface area contributed by atoms with Gasteiger partial charge >= 0.3 is 5.95 Å². The van der Waals surface area contributed by atoms with Gasteiger partial charge < -0.3 is 4.90 Å². The highest BCUT2D eigenvalue weighted by Crippen LogP contribution is 2.19. The Kier molecular flexibility index (Phi) is 4.58. The second-order valence-electron chi connectivity index (χ2n) is 8.24. The van der Waals surface area contributed by atoms with Crippen molar-refractivity contribution >= 4 is 17.0 Å². The molecule has 1 saturated heterocycles. The van der Waals surface area contributed by atoms with E-state index in [1.54, 1.807) is 4.90 Å². The zero-order chi connectivity index (χ0) is 18.1. The number of fused-ring (bicyclic) bond motifs is 3. The van der Waals surface area contributed by atoms with Crippen molar-refractivity contribution in [3.63, 3.8) is 0 Å². The third-order valence-electron chi connectivity index (χ3n) is 6.50. The first kappa shape index (κ1) is 16.8. The van der Waals surface area contributed by atoms with E-state index in [0.29, 0.717) is 0 Å². The summed E-state index contributed by atoms with van der Waals surface area (Å²) in [6.07, 6.45) is 4.00. The Bertz CT molecular complexity index is 893. The van der Waals surface area contributed by atoms with E-state index in [1.165, 1.54) is 61.4 Å². The number of likely N-dealkylation sites (tertiary alicyclic amines) is 1. The summed E-state index contributed by atoms with van der Waals surface area (Å²) >= 11 is 0. The molecule has 2 N–H and O–H groups in total. The summed E-state index contributed by atoms with van der Waals surface area (Å²) in [5, 5.41) is 0. The predicted octanol–water partition coefficient (Wildman–Crippen LogP) is 1.81. The minimum Gasteiger partial charge on any atom is -0.332 e. The van der Waals surface area contributed by atoms with E-state index in [1.807, 2.05) is 0 Å². The topological polar surface area (TPSA) is 27.4 Å². The monoisotopic (exact) mass is 362 g/mol. The van der Waals surface area contributed by atoms with E-state index >= 15 is 0 Å². The van der Waals surface area contributed by atoms with E-state index in [9.17, 15) is 0 Å². The number of piperidine rings is 1. The Morgan fingerprint density at radius 1 is 1.00 bits per heavy atom. The summed E-state index contributed by atoms with van der Waals surface area (Å²) in [5.41, 5.74) is 4.10. The Morgan fingerprint density at radius 2 is 1.78 bits per heavy atom. The van der Waals surface area contributed by atoms with Crippen LogP contribution in [0.1, 0.15) is 18.4 Å². The summed E-state index contributed by atoms with van der Waals surface area (Å²) in [6.45, 7) is 7.32. The maximum absolute atomic E-state index is 3.63. The van der Waals surface area contributed by atoms with Crippen LogP contribution in [0.3, 0.4) is 0 Å². The molecule has 2 aliphatic heterocycles. The molecule has 0 saturated carbocycles. The third-order valence-corrected chi connectivity index (χ3v) is 6.50. The number of rotatable bonds is 5. The molecular formula is C23H30N4+2. The molecule has 3 heterocycles. The van der Waals surface area contributed by atoms with E-state index in [4.69, 9.17) is 0 Å². The van der Waals surface area contributed by atoms with E-state index in [0.717, 1.165) is 25.6 Å². The minimum atomic E-state index is 0.874. The van der Waals surface area contributed by atoms with Gasteiger partial charge in [0, 0.05) is 0 Å². The number of nitrogens with one attached hydrogen (secondary N) is 2. The number of benzene rings is 2. The van der Waals surface area contributed by atoms with E-state index in [2.05, 4.69) is 69.0 Å². The van der Waals surface area contributed by atoms with Crippen LogP contribution >= 0.6 is 0 Å². The van der Waals surface area contributed by atoms with Gasteiger partial charge in [-0.2, -0.15) is 0 Å². The van der Waals surface area contributed by atoms with Gasteiger partial charge in [-0.25, -0.2) is 9.55 Å². The zero-order valence-electron chi connectivity index (χ0n) is 16.0. The van der Waals surface area contributed by atoms with Crippen molar-refractivity contribution in [1.82, 2.24) is 4.98 Å². The van der Waals surface area contributed by atoms with Crippen LogP contribution in [0.25, 0.3) is 11.0 Å². The molecule has 1 aromatic heterocycles. The molecule has 0 atom stereocenters. The molecule has 4 nitrogen and oxygen atoms in total. The van der Waals surface area contributed by atoms with Gasteiger partial charge in [-0.1, -0.05) is 42.5 Å². The number of hydrogen-bond acceptors (Lipinski definition) is 1. The Labute approximate surface area is 161 Å². The summed E-state index contributed by atoms with van der Waals surface area (Å²) in [5.74, 6) is 2.17. The number of hydrogen-bond donors (Lipinski definition) is 2. The molecule has 0 radical (unpaired) electrons. The molecule has 27 heavy (non-hydrogen) atoms. The summed E-state index contributed by atoms with van der Waals surface area (Å²) in [6, 6.07) is 19.7. The lowest BCUT2D eigenvalue weighted by Crippen LogP contribution is -3.13. The second kappa shape index (κ2) is 7.35. The number of para-hydroxylation sites is 2. The number of imidazole rings is 1. The molecule has 0 bridgehead atoms. The molecule has 2 aliphatic rings. The largest absolute Gasteiger partial charge is 0.358 e. The zero-order valence-corrected chi connectivity index (χ0v) is 16.0. The average Bonchev–Trinajstić information content (AvgIpc) is 3.28. The number of quaternary nitrogens is 1. The maximum Gasteiger partial charge on any atom is 0.358 e. The highest BCUT2D eigenvalue weighted by Gasteiger charge is 2.32. The van der Waals surface area contributed by atoms with Gasteiger partial charge in [0.15, 0.2) is 0 Å². The van der Waals surface area contributed by atoms with Gasteiger partial charge in [-0.3, -0.25) is 4.90 Å². The molecule has 3 aromatic rings. The van der Waals surface area contributed by atoms with E-state index in [-0.39, 0.29) is 0 Å². The lowest BCUT2D eigenvalue weighted by molar-refractivity contribution is -0.904. The number of nitrogens with zero attached hydrogens (tertiary/aromatic N) is 2. The Balaban J connectivity index is 1.14. The van der Waals surface area contributed by atoms with Crippen molar-refractivity contribution in [2.45, 2.75) is 25.8 Å².